The number of hydrogen-bond acceptors (Lipinski definition) is 6. The SMILES string of the molecule is Cl.NCC1(c2nccc(C(F)(F)F)n2)CC1.O=C(NCC1(c2nccc(C(F)(F)F)n2)CC1)c1ccccc1C(F)(F)F. The summed E-state index contributed by atoms with van der Waals surface area (Å²) in [6.45, 7) is 0.146. The number of alkyl halides is 9. The average molecular weight is 643 g/mol. The van der Waals surface area contributed by atoms with Crippen LogP contribution < -0.4 is 11.1 Å². The Hall–Kier alpha value is -3.53. The molecule has 0 atom stereocenters. The summed E-state index contributed by atoms with van der Waals surface area (Å²) in [6, 6.07) is 5.90. The van der Waals surface area contributed by atoms with Gasteiger partial charge < -0.3 is 11.1 Å². The first-order valence-corrected chi connectivity index (χ1v) is 12.5. The monoisotopic (exact) mass is 642 g/mol. The first kappa shape index (κ1) is 34.0. The van der Waals surface area contributed by atoms with Crippen LogP contribution in [-0.2, 0) is 29.4 Å². The van der Waals surface area contributed by atoms with E-state index in [-0.39, 0.29) is 30.6 Å². The maximum absolute atomic E-state index is 13.0. The van der Waals surface area contributed by atoms with E-state index >= 15 is 0 Å². The lowest BCUT2D eigenvalue weighted by molar-refractivity contribution is -0.142. The minimum absolute atomic E-state index is 0. The molecule has 2 aliphatic carbocycles. The minimum atomic E-state index is -4.70. The van der Waals surface area contributed by atoms with Crippen LogP contribution in [0.5, 0.6) is 0 Å². The van der Waals surface area contributed by atoms with Crippen molar-refractivity contribution in [3.63, 3.8) is 0 Å². The van der Waals surface area contributed by atoms with Crippen molar-refractivity contribution in [1.82, 2.24) is 25.3 Å². The molecule has 3 aromatic rings. The normalized spacial score (nSPS) is 16.7. The van der Waals surface area contributed by atoms with Crippen LogP contribution in [0.4, 0.5) is 39.5 Å². The molecule has 2 heterocycles. The second kappa shape index (κ2) is 12.2. The molecule has 0 unspecified atom stereocenters. The Morgan fingerprint density at radius 1 is 0.744 bits per heavy atom. The number of benzene rings is 1. The number of carbonyl (C=O) groups excluding carboxylic acids is 1. The molecule has 17 heteroatoms. The number of amides is 1. The Labute approximate surface area is 244 Å². The van der Waals surface area contributed by atoms with Crippen molar-refractivity contribution in [3.05, 3.63) is 83.0 Å². The molecule has 2 fully saturated rings. The predicted octanol–water partition coefficient (Wildman–Crippen LogP) is 5.88. The molecule has 0 spiro atoms. The van der Waals surface area contributed by atoms with Crippen LogP contribution in [0, 0.1) is 0 Å². The second-order valence-electron chi connectivity index (χ2n) is 10.0. The Kier molecular flexibility index (Phi) is 9.66. The van der Waals surface area contributed by atoms with E-state index in [0.717, 1.165) is 49.5 Å². The molecule has 2 aliphatic rings. The molecule has 1 amide bonds. The summed E-state index contributed by atoms with van der Waals surface area (Å²) in [6.07, 6.45) is -9.24. The summed E-state index contributed by atoms with van der Waals surface area (Å²) in [5.74, 6) is -0.817. The fourth-order valence-electron chi connectivity index (χ4n) is 4.12. The van der Waals surface area contributed by atoms with Gasteiger partial charge in [-0.15, -0.1) is 12.4 Å². The third kappa shape index (κ3) is 7.90. The maximum Gasteiger partial charge on any atom is 0.433 e. The molecule has 234 valence electrons. The highest BCUT2D eigenvalue weighted by molar-refractivity contribution is 5.96. The van der Waals surface area contributed by atoms with Gasteiger partial charge >= 0.3 is 18.5 Å². The first-order valence-electron chi connectivity index (χ1n) is 12.5. The standard InChI is InChI=1S/C17H13F6N3O.C9H10F3N3.ClH/c18-16(19,20)11-4-2-1-3-10(11)13(27)25-9-15(6-7-15)14-24-8-5-12(26-14)17(21,22)23;10-9(11,12)6-1-4-14-7(15-6)8(5-13)2-3-8;/h1-5,8H,6-7,9H2,(H,25,27);1,4H,2-3,5,13H2;1H. The Bertz CT molecular complexity index is 1440. The molecular weight excluding hydrogens is 619 g/mol. The summed E-state index contributed by atoms with van der Waals surface area (Å²) >= 11 is 0. The van der Waals surface area contributed by atoms with Crippen LogP contribution in [0.15, 0.2) is 48.8 Å². The molecule has 0 radical (unpaired) electrons. The number of nitrogens with one attached hydrogen (secondary N) is 1. The molecule has 3 N–H and O–H groups in total. The molecule has 2 aromatic heterocycles. The highest BCUT2D eigenvalue weighted by atomic mass is 35.5. The van der Waals surface area contributed by atoms with Crippen molar-refractivity contribution in [3.8, 4) is 0 Å². The van der Waals surface area contributed by atoms with E-state index in [2.05, 4.69) is 25.3 Å². The van der Waals surface area contributed by atoms with Gasteiger partial charge in [-0.3, -0.25) is 4.79 Å². The van der Waals surface area contributed by atoms with Gasteiger partial charge in [0.1, 0.15) is 23.0 Å². The Morgan fingerprint density at radius 3 is 1.63 bits per heavy atom. The minimum Gasteiger partial charge on any atom is -0.351 e. The summed E-state index contributed by atoms with van der Waals surface area (Å²) in [7, 11) is 0. The van der Waals surface area contributed by atoms with Gasteiger partial charge in [0.15, 0.2) is 0 Å². The van der Waals surface area contributed by atoms with Gasteiger partial charge in [-0.25, -0.2) is 19.9 Å². The molecule has 7 nitrogen and oxygen atoms in total. The summed E-state index contributed by atoms with van der Waals surface area (Å²) in [5.41, 5.74) is 0.567. The maximum atomic E-state index is 13.0. The highest BCUT2D eigenvalue weighted by Crippen LogP contribution is 2.47. The van der Waals surface area contributed by atoms with Gasteiger partial charge in [0.25, 0.3) is 5.91 Å². The number of hydrogen-bond donors (Lipinski definition) is 2. The van der Waals surface area contributed by atoms with Crippen LogP contribution in [0.3, 0.4) is 0 Å². The van der Waals surface area contributed by atoms with Gasteiger partial charge in [0.2, 0.25) is 0 Å². The average Bonchev–Trinajstić information content (AvgIpc) is 3.87. The van der Waals surface area contributed by atoms with Gasteiger partial charge in [0.05, 0.1) is 11.1 Å². The number of rotatable bonds is 6. The van der Waals surface area contributed by atoms with Crippen LogP contribution in [0.2, 0.25) is 0 Å². The topological polar surface area (TPSA) is 107 Å². The third-order valence-electron chi connectivity index (χ3n) is 7.00. The lowest BCUT2D eigenvalue weighted by atomic mass is 10.0. The van der Waals surface area contributed by atoms with Gasteiger partial charge in [-0.05, 0) is 49.9 Å². The summed E-state index contributed by atoms with van der Waals surface area (Å²) < 4.78 is 115. The molecule has 0 saturated heterocycles. The molecule has 0 bridgehead atoms. The van der Waals surface area contributed by atoms with Crippen molar-refractivity contribution in [2.45, 2.75) is 55.0 Å². The van der Waals surface area contributed by atoms with Crippen LogP contribution >= 0.6 is 12.4 Å². The molecule has 0 aliphatic heterocycles. The zero-order valence-corrected chi connectivity index (χ0v) is 22.8. The number of carbonyl (C=O) groups is 1. The molecular formula is C26H24ClF9N6O. The Morgan fingerprint density at radius 2 is 1.21 bits per heavy atom. The molecule has 43 heavy (non-hydrogen) atoms. The van der Waals surface area contributed by atoms with E-state index in [1.807, 2.05) is 0 Å². The largest absolute Gasteiger partial charge is 0.433 e. The van der Waals surface area contributed by atoms with Gasteiger partial charge in [-0.1, -0.05) is 12.1 Å². The van der Waals surface area contributed by atoms with Crippen LogP contribution in [0.1, 0.15) is 64.6 Å². The van der Waals surface area contributed by atoms with Crippen LogP contribution in [-0.4, -0.2) is 38.9 Å². The molecule has 5 rings (SSSR count). The first-order chi connectivity index (χ1) is 19.5. The fourth-order valence-corrected chi connectivity index (χ4v) is 4.12. The number of nitrogens with two attached hydrogens (primary N) is 1. The quantitative estimate of drug-likeness (QED) is 0.325. The van der Waals surface area contributed by atoms with Crippen LogP contribution in [0.25, 0.3) is 0 Å². The number of halogens is 10. The third-order valence-corrected chi connectivity index (χ3v) is 7.00. The zero-order valence-electron chi connectivity index (χ0n) is 21.9. The second-order valence-corrected chi connectivity index (χ2v) is 10.0. The van der Waals surface area contributed by atoms with Crippen molar-refractivity contribution in [1.29, 1.82) is 0 Å². The van der Waals surface area contributed by atoms with Gasteiger partial charge in [-0.2, -0.15) is 39.5 Å². The van der Waals surface area contributed by atoms with E-state index in [1.165, 1.54) is 12.1 Å². The van der Waals surface area contributed by atoms with E-state index < -0.39 is 57.8 Å². The number of aromatic nitrogens is 4. The van der Waals surface area contributed by atoms with Crippen molar-refractivity contribution >= 4 is 18.3 Å². The highest BCUT2D eigenvalue weighted by Gasteiger charge is 2.49. The lowest BCUT2D eigenvalue weighted by Crippen LogP contribution is -2.34. The fraction of sp³-hybridized carbons (Fsp3) is 0.423. The zero-order chi connectivity index (χ0) is 31.0. The summed E-state index contributed by atoms with van der Waals surface area (Å²) in [5, 5.41) is 2.37. The summed E-state index contributed by atoms with van der Waals surface area (Å²) in [4.78, 5) is 27.0. The van der Waals surface area contributed by atoms with Crippen molar-refractivity contribution in [2.24, 2.45) is 5.73 Å². The Balaban J connectivity index is 0.000000268. The van der Waals surface area contributed by atoms with Crippen molar-refractivity contribution < 1.29 is 44.3 Å². The predicted molar refractivity (Wildman–Crippen MR) is 136 cm³/mol. The smallest absolute Gasteiger partial charge is 0.351 e. The van der Waals surface area contributed by atoms with E-state index in [1.54, 1.807) is 0 Å². The van der Waals surface area contributed by atoms with E-state index in [4.69, 9.17) is 5.73 Å². The molecule has 1 aromatic carbocycles. The van der Waals surface area contributed by atoms with E-state index in [0.29, 0.717) is 19.4 Å². The molecule has 2 saturated carbocycles. The number of nitrogens with zero attached hydrogens (tertiary/aromatic N) is 4. The lowest BCUT2D eigenvalue weighted by Gasteiger charge is -2.17. The van der Waals surface area contributed by atoms with Gasteiger partial charge in [0, 0.05) is 36.3 Å². The van der Waals surface area contributed by atoms with Crippen molar-refractivity contribution in [2.75, 3.05) is 13.1 Å². The van der Waals surface area contributed by atoms with E-state index in [9.17, 15) is 44.3 Å².